The zero-order valence-corrected chi connectivity index (χ0v) is 9.21. The van der Waals surface area contributed by atoms with E-state index < -0.39 is 0 Å². The fraction of sp³-hybridized carbons (Fsp3) is 0.778. The monoisotopic (exact) mass is 213 g/mol. The van der Waals surface area contributed by atoms with Crippen molar-refractivity contribution in [3.05, 3.63) is 0 Å². The molecule has 0 radical (unpaired) electrons. The minimum Gasteiger partial charge on any atom is -0.353 e. The van der Waals surface area contributed by atoms with Gasteiger partial charge in [-0.1, -0.05) is 0 Å². The molecular formula is C9H19N5O. The van der Waals surface area contributed by atoms with E-state index in [1.54, 1.807) is 0 Å². The lowest BCUT2D eigenvalue weighted by molar-refractivity contribution is -0.119. The molecule has 0 spiro atoms. The van der Waals surface area contributed by atoms with E-state index in [0.29, 0.717) is 12.0 Å². The second-order valence-corrected chi connectivity index (χ2v) is 3.95. The summed E-state index contributed by atoms with van der Waals surface area (Å²) in [7, 11) is 0. The second kappa shape index (κ2) is 5.55. The highest BCUT2D eigenvalue weighted by Crippen LogP contribution is 2.18. The Bertz CT molecular complexity index is 247. The van der Waals surface area contributed by atoms with E-state index >= 15 is 0 Å². The van der Waals surface area contributed by atoms with Gasteiger partial charge in [0.15, 0.2) is 0 Å². The van der Waals surface area contributed by atoms with Gasteiger partial charge in [0.2, 0.25) is 11.9 Å². The van der Waals surface area contributed by atoms with E-state index in [1.165, 1.54) is 0 Å². The van der Waals surface area contributed by atoms with Crippen molar-refractivity contribution in [2.45, 2.75) is 38.8 Å². The minimum absolute atomic E-state index is 0.0594. The molecule has 0 heterocycles. The molecule has 1 fully saturated rings. The largest absolute Gasteiger partial charge is 0.353 e. The van der Waals surface area contributed by atoms with Crippen LogP contribution in [0.4, 0.5) is 0 Å². The Morgan fingerprint density at radius 1 is 1.53 bits per heavy atom. The lowest BCUT2D eigenvalue weighted by Gasteiger charge is -2.11. The molecule has 0 aliphatic heterocycles. The van der Waals surface area contributed by atoms with E-state index in [-0.39, 0.29) is 18.5 Å². The van der Waals surface area contributed by atoms with Gasteiger partial charge in [0.05, 0.1) is 0 Å². The zero-order valence-electron chi connectivity index (χ0n) is 9.21. The molecule has 0 unspecified atom stereocenters. The Kier molecular flexibility index (Phi) is 4.36. The quantitative estimate of drug-likeness (QED) is 0.210. The Hall–Kier alpha value is -1.30. The van der Waals surface area contributed by atoms with Gasteiger partial charge in [0, 0.05) is 12.1 Å². The number of hydrogen-bond donors (Lipinski definition) is 4. The van der Waals surface area contributed by atoms with Gasteiger partial charge < -0.3 is 10.6 Å². The molecule has 0 aromatic rings. The molecule has 15 heavy (non-hydrogen) atoms. The molecule has 0 saturated heterocycles. The van der Waals surface area contributed by atoms with Gasteiger partial charge in [-0.2, -0.15) is 0 Å². The van der Waals surface area contributed by atoms with E-state index in [4.69, 9.17) is 5.84 Å². The van der Waals surface area contributed by atoms with Gasteiger partial charge in [-0.3, -0.25) is 10.2 Å². The third-order valence-corrected chi connectivity index (χ3v) is 1.89. The summed E-state index contributed by atoms with van der Waals surface area (Å²) in [5, 5.41) is 5.83. The van der Waals surface area contributed by atoms with Gasteiger partial charge in [0.1, 0.15) is 6.54 Å². The van der Waals surface area contributed by atoms with Crippen LogP contribution in [0.1, 0.15) is 26.7 Å². The van der Waals surface area contributed by atoms with Gasteiger partial charge >= 0.3 is 0 Å². The molecule has 0 aromatic heterocycles. The molecule has 0 atom stereocenters. The first-order chi connectivity index (χ1) is 7.11. The van der Waals surface area contributed by atoms with Gasteiger partial charge in [0.25, 0.3) is 0 Å². The van der Waals surface area contributed by atoms with Crippen LogP contribution in [0.5, 0.6) is 0 Å². The fourth-order valence-electron chi connectivity index (χ4n) is 1.06. The fourth-order valence-corrected chi connectivity index (χ4v) is 1.06. The Balaban J connectivity index is 2.27. The molecule has 6 nitrogen and oxygen atoms in total. The molecule has 1 aliphatic carbocycles. The number of nitrogens with two attached hydrogens (primary N) is 1. The van der Waals surface area contributed by atoms with Crippen molar-refractivity contribution in [2.24, 2.45) is 10.8 Å². The summed E-state index contributed by atoms with van der Waals surface area (Å²) >= 11 is 0. The lowest BCUT2D eigenvalue weighted by atomic mass is 10.4. The molecule has 6 heteroatoms. The smallest absolute Gasteiger partial charge is 0.242 e. The number of hydrogen-bond acceptors (Lipinski definition) is 3. The van der Waals surface area contributed by atoms with Crippen molar-refractivity contribution in [3.63, 3.8) is 0 Å². The van der Waals surface area contributed by atoms with Crippen LogP contribution >= 0.6 is 0 Å². The summed E-state index contributed by atoms with van der Waals surface area (Å²) in [6.07, 6.45) is 2.17. The first kappa shape index (κ1) is 11.8. The number of nitrogens with one attached hydrogen (secondary N) is 3. The van der Waals surface area contributed by atoms with Crippen LogP contribution in [-0.2, 0) is 4.79 Å². The number of amides is 1. The van der Waals surface area contributed by atoms with Crippen molar-refractivity contribution in [1.82, 2.24) is 16.1 Å². The summed E-state index contributed by atoms with van der Waals surface area (Å²) in [6.45, 7) is 4.05. The average Bonchev–Trinajstić information content (AvgIpc) is 2.95. The Morgan fingerprint density at radius 2 is 2.20 bits per heavy atom. The number of nitrogens with zero attached hydrogens (tertiary/aromatic N) is 1. The first-order valence-electron chi connectivity index (χ1n) is 5.18. The summed E-state index contributed by atoms with van der Waals surface area (Å²) in [6, 6.07) is 0.603. The van der Waals surface area contributed by atoms with Crippen LogP contribution in [0.2, 0.25) is 0 Å². The van der Waals surface area contributed by atoms with Crippen LogP contribution in [0.15, 0.2) is 4.99 Å². The molecule has 1 aliphatic rings. The first-order valence-corrected chi connectivity index (χ1v) is 5.18. The van der Waals surface area contributed by atoms with Crippen LogP contribution in [0.3, 0.4) is 0 Å². The molecule has 0 aromatic carbocycles. The van der Waals surface area contributed by atoms with Crippen molar-refractivity contribution >= 4 is 11.9 Å². The molecular weight excluding hydrogens is 194 g/mol. The number of carbonyl (C=O) groups excluding carboxylic acids is 1. The van der Waals surface area contributed by atoms with Crippen LogP contribution in [-0.4, -0.2) is 30.5 Å². The molecule has 1 rings (SSSR count). The Morgan fingerprint density at radius 3 is 2.67 bits per heavy atom. The number of hydrazine groups is 1. The molecule has 1 saturated carbocycles. The highest BCUT2D eigenvalue weighted by molar-refractivity contribution is 5.84. The average molecular weight is 213 g/mol. The number of rotatable bonds is 4. The third-order valence-electron chi connectivity index (χ3n) is 1.89. The second-order valence-electron chi connectivity index (χ2n) is 3.95. The standard InChI is InChI=1S/C9H19N5O/c1-6(2)12-9(14-10)11-5-8(15)13-7-3-4-7/h6-7H,3-5,10H2,1-2H3,(H,13,15)(H2,11,12,14). The summed E-state index contributed by atoms with van der Waals surface area (Å²) < 4.78 is 0. The number of guanidine groups is 1. The zero-order chi connectivity index (χ0) is 11.3. The van der Waals surface area contributed by atoms with Crippen molar-refractivity contribution < 1.29 is 4.79 Å². The Labute approximate surface area is 89.7 Å². The third kappa shape index (κ3) is 5.21. The predicted octanol–water partition coefficient (Wildman–Crippen LogP) is -0.918. The van der Waals surface area contributed by atoms with E-state index in [1.807, 2.05) is 13.8 Å². The van der Waals surface area contributed by atoms with Crippen LogP contribution < -0.4 is 21.9 Å². The molecule has 1 amide bonds. The van der Waals surface area contributed by atoms with Crippen molar-refractivity contribution in [3.8, 4) is 0 Å². The lowest BCUT2D eigenvalue weighted by Crippen LogP contribution is -2.45. The topological polar surface area (TPSA) is 91.5 Å². The maximum atomic E-state index is 11.3. The minimum atomic E-state index is -0.0594. The van der Waals surface area contributed by atoms with Crippen LogP contribution in [0, 0.1) is 0 Å². The highest BCUT2D eigenvalue weighted by Gasteiger charge is 2.22. The van der Waals surface area contributed by atoms with Crippen molar-refractivity contribution in [1.29, 1.82) is 0 Å². The summed E-state index contributed by atoms with van der Waals surface area (Å²) in [4.78, 5) is 15.3. The molecule has 5 N–H and O–H groups in total. The van der Waals surface area contributed by atoms with Crippen LogP contribution in [0.25, 0.3) is 0 Å². The van der Waals surface area contributed by atoms with Gasteiger partial charge in [-0.05, 0) is 26.7 Å². The van der Waals surface area contributed by atoms with E-state index in [9.17, 15) is 4.79 Å². The van der Waals surface area contributed by atoms with Gasteiger partial charge in [-0.15, -0.1) is 0 Å². The maximum absolute atomic E-state index is 11.3. The summed E-state index contributed by atoms with van der Waals surface area (Å²) in [5.74, 6) is 5.63. The number of carbonyl (C=O) groups is 1. The van der Waals surface area contributed by atoms with E-state index in [0.717, 1.165) is 12.8 Å². The predicted molar refractivity (Wildman–Crippen MR) is 59.1 cm³/mol. The molecule has 86 valence electrons. The number of aliphatic imine (C=N–C) groups is 1. The highest BCUT2D eigenvalue weighted by atomic mass is 16.2. The van der Waals surface area contributed by atoms with E-state index in [2.05, 4.69) is 21.1 Å². The SMILES string of the molecule is CC(C)NC(=NCC(=O)NC1CC1)NN. The normalized spacial score (nSPS) is 16.4. The maximum Gasteiger partial charge on any atom is 0.242 e. The summed E-state index contributed by atoms with van der Waals surface area (Å²) in [5.41, 5.74) is 2.42. The van der Waals surface area contributed by atoms with Gasteiger partial charge in [-0.25, -0.2) is 10.8 Å². The van der Waals surface area contributed by atoms with Crippen molar-refractivity contribution in [2.75, 3.05) is 6.54 Å². The molecule has 0 bridgehead atoms.